The number of nitrogens with zero attached hydrogens (tertiary/aromatic N) is 5. The first-order chi connectivity index (χ1) is 15.8. The van der Waals surface area contributed by atoms with Crippen LogP contribution < -0.4 is 4.90 Å². The van der Waals surface area contributed by atoms with E-state index in [4.69, 9.17) is 9.72 Å². The number of anilines is 1. The van der Waals surface area contributed by atoms with Gasteiger partial charge in [0, 0.05) is 26.2 Å². The monoisotopic (exact) mass is 445 g/mol. The number of hydrogen-bond acceptors (Lipinski definition) is 5. The van der Waals surface area contributed by atoms with Gasteiger partial charge < -0.3 is 19.1 Å². The van der Waals surface area contributed by atoms with Gasteiger partial charge in [-0.15, -0.1) is 0 Å². The van der Waals surface area contributed by atoms with Crippen molar-refractivity contribution in [1.82, 2.24) is 14.5 Å². The Balaban J connectivity index is 1.64. The summed E-state index contributed by atoms with van der Waals surface area (Å²) < 4.78 is 7.77. The molecule has 7 nitrogen and oxygen atoms in total. The van der Waals surface area contributed by atoms with Crippen LogP contribution in [0.2, 0.25) is 0 Å². The molecule has 0 unspecified atom stereocenters. The smallest absolute Gasteiger partial charge is 0.410 e. The van der Waals surface area contributed by atoms with E-state index in [1.807, 2.05) is 70.3 Å². The Kier molecular flexibility index (Phi) is 6.28. The molecule has 0 radical (unpaired) electrons. The number of benzene rings is 2. The molecule has 2 heterocycles. The number of amides is 1. The third-order valence-electron chi connectivity index (χ3n) is 6.01. The van der Waals surface area contributed by atoms with Crippen LogP contribution >= 0.6 is 0 Å². The molecule has 0 N–H and O–H groups in total. The van der Waals surface area contributed by atoms with Crippen LogP contribution in [0.5, 0.6) is 0 Å². The lowest BCUT2D eigenvalue weighted by molar-refractivity contribution is 0.0199. The Morgan fingerprint density at radius 2 is 1.94 bits per heavy atom. The first-order valence-corrected chi connectivity index (χ1v) is 11.4. The van der Waals surface area contributed by atoms with Crippen LogP contribution in [0.15, 0.2) is 48.5 Å². The second-order valence-corrected chi connectivity index (χ2v) is 9.59. The van der Waals surface area contributed by atoms with E-state index in [0.29, 0.717) is 25.2 Å². The molecule has 172 valence electrons. The number of nitriles is 1. The number of rotatable bonds is 4. The molecule has 1 saturated heterocycles. The highest BCUT2D eigenvalue weighted by Crippen LogP contribution is 2.28. The topological polar surface area (TPSA) is 74.4 Å². The number of imidazole rings is 1. The van der Waals surface area contributed by atoms with E-state index in [2.05, 4.69) is 21.6 Å². The molecule has 7 heteroatoms. The number of likely N-dealkylation sites (N-methyl/N-ethyl adjacent to an activating group) is 1. The van der Waals surface area contributed by atoms with Gasteiger partial charge in [-0.2, -0.15) is 5.26 Å². The van der Waals surface area contributed by atoms with Crippen molar-refractivity contribution in [3.8, 4) is 6.07 Å². The number of ether oxygens (including phenoxy) is 1. The van der Waals surface area contributed by atoms with Crippen molar-refractivity contribution in [2.24, 2.45) is 0 Å². The van der Waals surface area contributed by atoms with E-state index >= 15 is 0 Å². The van der Waals surface area contributed by atoms with Crippen LogP contribution in [-0.2, 0) is 11.3 Å². The highest BCUT2D eigenvalue weighted by molar-refractivity contribution is 5.79. The van der Waals surface area contributed by atoms with Crippen molar-refractivity contribution in [3.05, 3.63) is 59.7 Å². The lowest BCUT2D eigenvalue weighted by atomic mass is 10.1. The quantitative estimate of drug-likeness (QED) is 0.577. The molecule has 1 aliphatic rings. The molecule has 1 aliphatic heterocycles. The first-order valence-electron chi connectivity index (χ1n) is 11.4. The molecule has 1 fully saturated rings. The Hall–Kier alpha value is -3.53. The summed E-state index contributed by atoms with van der Waals surface area (Å²) in [5, 5.41) is 9.57. The molecule has 1 amide bonds. The van der Waals surface area contributed by atoms with E-state index in [-0.39, 0.29) is 12.1 Å². The van der Waals surface area contributed by atoms with Crippen LogP contribution in [0, 0.1) is 11.3 Å². The maximum Gasteiger partial charge on any atom is 0.410 e. The van der Waals surface area contributed by atoms with Gasteiger partial charge in [0.05, 0.1) is 29.2 Å². The number of likely N-dealkylation sites (tertiary alicyclic amines) is 1. The number of para-hydroxylation sites is 2. The summed E-state index contributed by atoms with van der Waals surface area (Å²) in [6, 6.07) is 18.1. The predicted molar refractivity (Wildman–Crippen MR) is 129 cm³/mol. The number of carbonyl (C=O) groups excluding carboxylic acids is 1. The fraction of sp³-hybridized carbons (Fsp3) is 0.423. The highest BCUT2D eigenvalue weighted by atomic mass is 16.6. The number of aromatic nitrogens is 2. The van der Waals surface area contributed by atoms with Crippen molar-refractivity contribution in [2.45, 2.75) is 51.8 Å². The molecule has 3 aromatic rings. The second kappa shape index (κ2) is 9.14. The fourth-order valence-electron chi connectivity index (χ4n) is 4.35. The highest BCUT2D eigenvalue weighted by Gasteiger charge is 2.31. The normalized spacial score (nSPS) is 16.5. The second-order valence-electron chi connectivity index (χ2n) is 9.59. The minimum Gasteiger partial charge on any atom is -0.444 e. The van der Waals surface area contributed by atoms with Crippen molar-refractivity contribution in [1.29, 1.82) is 5.26 Å². The van der Waals surface area contributed by atoms with E-state index < -0.39 is 5.60 Å². The summed E-state index contributed by atoms with van der Waals surface area (Å²) in [7, 11) is 2.04. The van der Waals surface area contributed by atoms with Gasteiger partial charge in [0.15, 0.2) is 0 Å². The van der Waals surface area contributed by atoms with Crippen LogP contribution in [-0.4, -0.2) is 52.3 Å². The predicted octanol–water partition coefficient (Wildman–Crippen LogP) is 4.79. The van der Waals surface area contributed by atoms with Gasteiger partial charge in [-0.1, -0.05) is 30.3 Å². The zero-order valence-corrected chi connectivity index (χ0v) is 19.8. The molecule has 4 rings (SSSR count). The fourth-order valence-corrected chi connectivity index (χ4v) is 4.35. The number of piperidine rings is 1. The van der Waals surface area contributed by atoms with Crippen LogP contribution in [0.1, 0.15) is 44.7 Å². The molecule has 0 spiro atoms. The zero-order valence-electron chi connectivity index (χ0n) is 19.8. The lowest BCUT2D eigenvalue weighted by Gasteiger charge is -2.38. The van der Waals surface area contributed by atoms with Gasteiger partial charge in [-0.3, -0.25) is 0 Å². The first kappa shape index (κ1) is 22.7. The summed E-state index contributed by atoms with van der Waals surface area (Å²) in [6.45, 7) is 7.50. The Bertz CT molecular complexity index is 1190. The number of carbonyl (C=O) groups is 1. The Morgan fingerprint density at radius 3 is 2.70 bits per heavy atom. The van der Waals surface area contributed by atoms with Crippen molar-refractivity contribution >= 4 is 23.1 Å². The average molecular weight is 446 g/mol. The molecule has 0 bridgehead atoms. The zero-order chi connectivity index (χ0) is 23.6. The molecule has 0 saturated carbocycles. The molecular weight excluding hydrogens is 414 g/mol. The summed E-state index contributed by atoms with van der Waals surface area (Å²) in [5.74, 6) is 0.833. The number of hydrogen-bond donors (Lipinski definition) is 0. The van der Waals surface area contributed by atoms with E-state index in [1.54, 1.807) is 4.90 Å². The Labute approximate surface area is 195 Å². The van der Waals surface area contributed by atoms with E-state index in [9.17, 15) is 10.1 Å². The molecule has 0 aliphatic carbocycles. The average Bonchev–Trinajstić information content (AvgIpc) is 3.16. The van der Waals surface area contributed by atoms with Gasteiger partial charge in [-0.25, -0.2) is 9.78 Å². The molecule has 1 atom stereocenters. The van der Waals surface area contributed by atoms with Crippen LogP contribution in [0.25, 0.3) is 11.0 Å². The van der Waals surface area contributed by atoms with Crippen LogP contribution in [0.3, 0.4) is 0 Å². The van der Waals surface area contributed by atoms with E-state index in [0.717, 1.165) is 35.4 Å². The van der Waals surface area contributed by atoms with Crippen molar-refractivity contribution in [3.63, 3.8) is 0 Å². The van der Waals surface area contributed by atoms with Gasteiger partial charge in [-0.05, 0) is 57.4 Å². The van der Waals surface area contributed by atoms with Gasteiger partial charge in [0.2, 0.25) is 5.95 Å². The molecule has 33 heavy (non-hydrogen) atoms. The van der Waals surface area contributed by atoms with Gasteiger partial charge in [0.25, 0.3) is 0 Å². The van der Waals surface area contributed by atoms with Gasteiger partial charge >= 0.3 is 6.09 Å². The maximum absolute atomic E-state index is 12.7. The SMILES string of the molecule is CN(c1nc2ccccc2n1Cc1ccccc1C#N)[C@H]1CCCN(C(=O)OC(C)(C)C)C1. The third kappa shape index (κ3) is 4.95. The number of fused-ring (bicyclic) bond motifs is 1. The molecule has 2 aromatic carbocycles. The van der Waals surface area contributed by atoms with Crippen LogP contribution in [0.4, 0.5) is 10.7 Å². The minimum absolute atomic E-state index is 0.119. The lowest BCUT2D eigenvalue weighted by Crippen LogP contribution is -2.50. The van der Waals surface area contributed by atoms with Crippen molar-refractivity contribution in [2.75, 3.05) is 25.0 Å². The van der Waals surface area contributed by atoms with Gasteiger partial charge in [0.1, 0.15) is 5.60 Å². The van der Waals surface area contributed by atoms with E-state index in [1.165, 1.54) is 0 Å². The molecule has 1 aromatic heterocycles. The maximum atomic E-state index is 12.7. The van der Waals surface area contributed by atoms with Crippen molar-refractivity contribution < 1.29 is 9.53 Å². The Morgan fingerprint density at radius 1 is 1.21 bits per heavy atom. The summed E-state index contributed by atoms with van der Waals surface area (Å²) in [4.78, 5) is 21.6. The summed E-state index contributed by atoms with van der Waals surface area (Å²) in [6.07, 6.45) is 1.61. The third-order valence-corrected chi connectivity index (χ3v) is 6.01. The standard InChI is InChI=1S/C26H31N5O2/c1-26(2,3)33-25(32)30-15-9-12-21(18-30)29(4)24-28-22-13-7-8-14-23(22)31(24)17-20-11-6-5-10-19(20)16-27/h5-8,10-11,13-14,21H,9,12,15,17-18H2,1-4H3/t21-/m0/s1. The molecular formula is C26H31N5O2. The minimum atomic E-state index is -0.516. The summed E-state index contributed by atoms with van der Waals surface area (Å²) >= 11 is 0. The largest absolute Gasteiger partial charge is 0.444 e. The summed E-state index contributed by atoms with van der Waals surface area (Å²) in [5.41, 5.74) is 3.04.